The molecule has 1 fully saturated rings. The van der Waals surface area contributed by atoms with Crippen molar-refractivity contribution in [3.05, 3.63) is 34.6 Å². The standard InChI is InChI=1S/C13H17ClFN/c1-3-9-7-13(9)16-8(2)10-4-5-12(15)11(14)6-10/h4-6,8-9,13,16H,3,7H2,1-2H3. The van der Waals surface area contributed by atoms with Crippen LogP contribution in [0.25, 0.3) is 0 Å². The van der Waals surface area contributed by atoms with E-state index < -0.39 is 0 Å². The predicted octanol–water partition coefficient (Wildman–Crippen LogP) is 3.93. The van der Waals surface area contributed by atoms with E-state index in [4.69, 9.17) is 11.6 Å². The fourth-order valence-corrected chi connectivity index (χ4v) is 2.29. The summed E-state index contributed by atoms with van der Waals surface area (Å²) in [6, 6.07) is 5.80. The second-order valence-electron chi connectivity index (χ2n) is 4.57. The number of hydrogen-bond acceptors (Lipinski definition) is 1. The Balaban J connectivity index is 1.98. The van der Waals surface area contributed by atoms with Crippen LogP contribution in [0.1, 0.15) is 38.3 Å². The van der Waals surface area contributed by atoms with Crippen LogP contribution in [0.2, 0.25) is 5.02 Å². The van der Waals surface area contributed by atoms with Gasteiger partial charge in [-0.25, -0.2) is 4.39 Å². The molecule has 0 amide bonds. The fourth-order valence-electron chi connectivity index (χ4n) is 2.10. The maximum atomic E-state index is 13.0. The van der Waals surface area contributed by atoms with Gasteiger partial charge in [0.2, 0.25) is 0 Å². The fraction of sp³-hybridized carbons (Fsp3) is 0.538. The van der Waals surface area contributed by atoms with Gasteiger partial charge in [-0.15, -0.1) is 0 Å². The summed E-state index contributed by atoms with van der Waals surface area (Å²) >= 11 is 5.76. The van der Waals surface area contributed by atoms with Crippen molar-refractivity contribution >= 4 is 11.6 Å². The van der Waals surface area contributed by atoms with Gasteiger partial charge in [0, 0.05) is 12.1 Å². The van der Waals surface area contributed by atoms with E-state index in [2.05, 4.69) is 19.2 Å². The Bertz CT molecular complexity index is 380. The van der Waals surface area contributed by atoms with Crippen LogP contribution in [-0.2, 0) is 0 Å². The van der Waals surface area contributed by atoms with E-state index >= 15 is 0 Å². The number of halogens is 2. The predicted molar refractivity (Wildman–Crippen MR) is 65.1 cm³/mol. The molecule has 1 aliphatic carbocycles. The minimum Gasteiger partial charge on any atom is -0.307 e. The summed E-state index contributed by atoms with van der Waals surface area (Å²) < 4.78 is 13.0. The summed E-state index contributed by atoms with van der Waals surface area (Å²) in [7, 11) is 0. The normalized spacial score (nSPS) is 25.5. The van der Waals surface area contributed by atoms with Crippen molar-refractivity contribution in [1.29, 1.82) is 0 Å². The third kappa shape index (κ3) is 2.55. The molecule has 1 saturated carbocycles. The lowest BCUT2D eigenvalue weighted by Gasteiger charge is -2.14. The molecule has 0 bridgehead atoms. The molecule has 1 aromatic carbocycles. The quantitative estimate of drug-likeness (QED) is 0.842. The van der Waals surface area contributed by atoms with E-state index in [1.807, 2.05) is 0 Å². The SMILES string of the molecule is CCC1CC1NC(C)c1ccc(F)c(Cl)c1. The average molecular weight is 242 g/mol. The van der Waals surface area contributed by atoms with Crippen LogP contribution in [0, 0.1) is 11.7 Å². The summed E-state index contributed by atoms with van der Waals surface area (Å²) in [5.74, 6) is 0.467. The summed E-state index contributed by atoms with van der Waals surface area (Å²) in [5.41, 5.74) is 1.05. The van der Waals surface area contributed by atoms with E-state index in [1.54, 1.807) is 12.1 Å². The number of hydrogen-bond donors (Lipinski definition) is 1. The Morgan fingerprint density at radius 2 is 2.31 bits per heavy atom. The largest absolute Gasteiger partial charge is 0.307 e. The smallest absolute Gasteiger partial charge is 0.141 e. The minimum atomic E-state index is -0.351. The van der Waals surface area contributed by atoms with Gasteiger partial charge >= 0.3 is 0 Å². The molecule has 2 rings (SSSR count). The van der Waals surface area contributed by atoms with E-state index in [0.29, 0.717) is 6.04 Å². The lowest BCUT2D eigenvalue weighted by atomic mass is 10.1. The first-order chi connectivity index (χ1) is 7.61. The number of benzene rings is 1. The third-order valence-electron chi connectivity index (χ3n) is 3.35. The second kappa shape index (κ2) is 4.72. The number of nitrogens with one attached hydrogen (secondary N) is 1. The van der Waals surface area contributed by atoms with Crippen molar-refractivity contribution in [2.75, 3.05) is 0 Å². The first-order valence-corrected chi connectivity index (χ1v) is 6.20. The van der Waals surface area contributed by atoms with Crippen molar-refractivity contribution in [2.24, 2.45) is 5.92 Å². The molecule has 3 heteroatoms. The van der Waals surface area contributed by atoms with Crippen molar-refractivity contribution in [2.45, 2.75) is 38.8 Å². The van der Waals surface area contributed by atoms with Crippen LogP contribution in [0.5, 0.6) is 0 Å². The molecule has 0 heterocycles. The molecule has 0 aliphatic heterocycles. The first-order valence-electron chi connectivity index (χ1n) is 5.82. The van der Waals surface area contributed by atoms with Crippen LogP contribution in [-0.4, -0.2) is 6.04 Å². The summed E-state index contributed by atoms with van der Waals surface area (Å²) in [6.45, 7) is 4.31. The highest BCUT2D eigenvalue weighted by molar-refractivity contribution is 6.30. The van der Waals surface area contributed by atoms with Gasteiger partial charge in [-0.2, -0.15) is 0 Å². The van der Waals surface area contributed by atoms with Gasteiger partial charge in [0.1, 0.15) is 5.82 Å². The summed E-state index contributed by atoms with van der Waals surface area (Å²) in [4.78, 5) is 0. The first kappa shape index (κ1) is 11.9. The van der Waals surface area contributed by atoms with Crippen LogP contribution in [0.15, 0.2) is 18.2 Å². The van der Waals surface area contributed by atoms with Crippen molar-refractivity contribution < 1.29 is 4.39 Å². The molecule has 3 unspecified atom stereocenters. The van der Waals surface area contributed by atoms with Crippen LogP contribution < -0.4 is 5.32 Å². The van der Waals surface area contributed by atoms with Gasteiger partial charge in [-0.05, 0) is 37.0 Å². The molecule has 0 spiro atoms. The zero-order valence-corrected chi connectivity index (χ0v) is 10.4. The Morgan fingerprint density at radius 3 is 2.88 bits per heavy atom. The van der Waals surface area contributed by atoms with Crippen LogP contribution >= 0.6 is 11.6 Å². The Morgan fingerprint density at radius 1 is 1.56 bits per heavy atom. The van der Waals surface area contributed by atoms with Crippen molar-refractivity contribution in [3.63, 3.8) is 0 Å². The molecule has 0 radical (unpaired) electrons. The zero-order valence-electron chi connectivity index (χ0n) is 9.63. The molecule has 1 aromatic rings. The molecule has 1 aliphatic rings. The van der Waals surface area contributed by atoms with Crippen LogP contribution in [0.3, 0.4) is 0 Å². The monoisotopic (exact) mass is 241 g/mol. The highest BCUT2D eigenvalue weighted by Crippen LogP contribution is 2.35. The third-order valence-corrected chi connectivity index (χ3v) is 3.64. The van der Waals surface area contributed by atoms with Gasteiger partial charge in [-0.1, -0.05) is 31.0 Å². The molecule has 3 atom stereocenters. The Kier molecular flexibility index (Phi) is 3.50. The Hall–Kier alpha value is -0.600. The molecule has 1 nitrogen and oxygen atoms in total. The Labute approximate surface area is 101 Å². The van der Waals surface area contributed by atoms with E-state index in [9.17, 15) is 4.39 Å². The van der Waals surface area contributed by atoms with Gasteiger partial charge in [0.15, 0.2) is 0 Å². The molecule has 0 aromatic heterocycles. The van der Waals surface area contributed by atoms with Crippen molar-refractivity contribution in [1.82, 2.24) is 5.32 Å². The highest BCUT2D eigenvalue weighted by atomic mass is 35.5. The number of rotatable bonds is 4. The van der Waals surface area contributed by atoms with Gasteiger partial charge < -0.3 is 5.32 Å². The summed E-state index contributed by atoms with van der Waals surface area (Å²) in [5, 5.41) is 3.74. The molecular formula is C13H17ClFN. The zero-order chi connectivity index (χ0) is 11.7. The minimum absolute atomic E-state index is 0.203. The van der Waals surface area contributed by atoms with E-state index in [1.165, 1.54) is 18.9 Å². The van der Waals surface area contributed by atoms with Gasteiger partial charge in [0.25, 0.3) is 0 Å². The maximum absolute atomic E-state index is 13.0. The molecule has 0 saturated heterocycles. The van der Waals surface area contributed by atoms with E-state index in [-0.39, 0.29) is 16.9 Å². The highest BCUT2D eigenvalue weighted by Gasteiger charge is 2.35. The summed E-state index contributed by atoms with van der Waals surface area (Å²) in [6.07, 6.45) is 2.49. The second-order valence-corrected chi connectivity index (χ2v) is 4.98. The lowest BCUT2D eigenvalue weighted by molar-refractivity contribution is 0.537. The maximum Gasteiger partial charge on any atom is 0.141 e. The topological polar surface area (TPSA) is 12.0 Å². The van der Waals surface area contributed by atoms with Crippen LogP contribution in [0.4, 0.5) is 4.39 Å². The molecule has 88 valence electrons. The molecule has 1 N–H and O–H groups in total. The van der Waals surface area contributed by atoms with E-state index in [0.717, 1.165) is 11.5 Å². The van der Waals surface area contributed by atoms with Gasteiger partial charge in [0.05, 0.1) is 5.02 Å². The average Bonchev–Trinajstić information content (AvgIpc) is 3.00. The van der Waals surface area contributed by atoms with Crippen molar-refractivity contribution in [3.8, 4) is 0 Å². The van der Waals surface area contributed by atoms with Gasteiger partial charge in [-0.3, -0.25) is 0 Å². The molecular weight excluding hydrogens is 225 g/mol. The lowest BCUT2D eigenvalue weighted by Crippen LogP contribution is -2.22. The molecule has 16 heavy (non-hydrogen) atoms.